The minimum absolute atomic E-state index is 0.0960. The monoisotopic (exact) mass is 475 g/mol. The van der Waals surface area contributed by atoms with Crippen LogP contribution in [0.5, 0.6) is 0 Å². The highest BCUT2D eigenvalue weighted by Gasteiger charge is 2.30. The van der Waals surface area contributed by atoms with Crippen LogP contribution in [0, 0.1) is 6.92 Å². The Hall–Kier alpha value is -3.22. The van der Waals surface area contributed by atoms with Gasteiger partial charge in [0, 0.05) is 61.0 Å². The summed E-state index contributed by atoms with van der Waals surface area (Å²) in [4.78, 5) is 27.1. The van der Waals surface area contributed by atoms with Gasteiger partial charge in [0.25, 0.3) is 5.91 Å². The van der Waals surface area contributed by atoms with Gasteiger partial charge in [-0.3, -0.25) is 4.79 Å². The van der Waals surface area contributed by atoms with E-state index in [4.69, 9.17) is 9.51 Å². The summed E-state index contributed by atoms with van der Waals surface area (Å²) in [7, 11) is 0. The summed E-state index contributed by atoms with van der Waals surface area (Å²) in [5, 5.41) is 4.06. The first-order chi connectivity index (χ1) is 16.7. The number of carbonyl (C=O) groups is 1. The van der Waals surface area contributed by atoms with E-state index in [9.17, 15) is 4.79 Å². The zero-order valence-electron chi connectivity index (χ0n) is 21.8. The average Bonchev–Trinajstić information content (AvgIpc) is 3.30. The fraction of sp³-hybridized carbons (Fsp3) is 0.500. The minimum Gasteiger partial charge on any atom is -0.372 e. The number of hydrogen-bond acceptors (Lipinski definition) is 6. The standard InChI is InChI=1S/C28H37N5O2/c1-7-32(8-2)22-11-9-21(10-12-22)26(34)33-15-13-20(14-16-33)25-23(24-17-19(3)31-35-24)18-29-27(30-25)28(4,5)6/h9-12,17-18,20H,7-8,13-16H2,1-6H3. The van der Waals surface area contributed by atoms with Crippen molar-refractivity contribution in [2.24, 2.45) is 0 Å². The minimum atomic E-state index is -0.154. The van der Waals surface area contributed by atoms with Crippen molar-refractivity contribution in [3.05, 3.63) is 59.3 Å². The maximum Gasteiger partial charge on any atom is 0.253 e. The van der Waals surface area contributed by atoms with Crippen molar-refractivity contribution < 1.29 is 9.32 Å². The lowest BCUT2D eigenvalue weighted by molar-refractivity contribution is 0.0712. The van der Waals surface area contributed by atoms with E-state index in [2.05, 4.69) is 49.7 Å². The molecule has 1 aromatic carbocycles. The van der Waals surface area contributed by atoms with E-state index in [1.54, 1.807) is 0 Å². The first-order valence-corrected chi connectivity index (χ1v) is 12.7. The second kappa shape index (κ2) is 10.2. The molecule has 1 aliphatic rings. The Kier molecular flexibility index (Phi) is 7.24. The van der Waals surface area contributed by atoms with Crippen LogP contribution in [-0.4, -0.2) is 52.1 Å². The van der Waals surface area contributed by atoms with Crippen LogP contribution in [-0.2, 0) is 5.41 Å². The van der Waals surface area contributed by atoms with Crippen LogP contribution in [0.2, 0.25) is 0 Å². The molecule has 3 aromatic rings. The van der Waals surface area contributed by atoms with Gasteiger partial charge in [0.1, 0.15) is 5.82 Å². The summed E-state index contributed by atoms with van der Waals surface area (Å²) in [5.41, 5.74) is 4.47. The van der Waals surface area contributed by atoms with Crippen LogP contribution < -0.4 is 4.90 Å². The molecule has 1 aliphatic heterocycles. The first kappa shape index (κ1) is 24.9. The third kappa shape index (κ3) is 5.39. The van der Waals surface area contributed by atoms with Crippen LogP contribution in [0.15, 0.2) is 41.1 Å². The molecule has 0 N–H and O–H groups in total. The van der Waals surface area contributed by atoms with Gasteiger partial charge in [0.2, 0.25) is 0 Å². The molecule has 0 spiro atoms. The molecule has 1 saturated heterocycles. The van der Waals surface area contributed by atoms with Crippen molar-refractivity contribution in [1.82, 2.24) is 20.0 Å². The molecule has 35 heavy (non-hydrogen) atoms. The van der Waals surface area contributed by atoms with Crippen LogP contribution in [0.1, 0.15) is 80.9 Å². The van der Waals surface area contributed by atoms with Crippen molar-refractivity contribution in [1.29, 1.82) is 0 Å². The number of benzene rings is 1. The Morgan fingerprint density at radius 1 is 1.11 bits per heavy atom. The maximum atomic E-state index is 13.2. The molecule has 3 heterocycles. The van der Waals surface area contributed by atoms with Gasteiger partial charge >= 0.3 is 0 Å². The Labute approximate surface area is 208 Å². The Morgan fingerprint density at radius 3 is 2.31 bits per heavy atom. The topological polar surface area (TPSA) is 75.4 Å². The van der Waals surface area contributed by atoms with Crippen molar-refractivity contribution in [3.63, 3.8) is 0 Å². The maximum absolute atomic E-state index is 13.2. The number of carbonyl (C=O) groups excluding carboxylic acids is 1. The lowest BCUT2D eigenvalue weighted by atomic mass is 9.88. The molecule has 0 unspecified atom stereocenters. The van der Waals surface area contributed by atoms with E-state index in [0.717, 1.165) is 60.0 Å². The van der Waals surface area contributed by atoms with Crippen LogP contribution >= 0.6 is 0 Å². The highest BCUT2D eigenvalue weighted by atomic mass is 16.5. The number of anilines is 1. The average molecular weight is 476 g/mol. The SMILES string of the molecule is CCN(CC)c1ccc(C(=O)N2CCC(c3nc(C(C)(C)C)ncc3-c3cc(C)no3)CC2)cc1. The summed E-state index contributed by atoms with van der Waals surface area (Å²) in [6.07, 6.45) is 3.58. The predicted octanol–water partition coefficient (Wildman–Crippen LogP) is 5.60. The van der Waals surface area contributed by atoms with Gasteiger partial charge in [-0.1, -0.05) is 25.9 Å². The molecule has 4 rings (SSSR count). The van der Waals surface area contributed by atoms with Gasteiger partial charge in [-0.25, -0.2) is 9.97 Å². The third-order valence-electron chi connectivity index (χ3n) is 6.79. The van der Waals surface area contributed by atoms with E-state index in [1.807, 2.05) is 48.4 Å². The summed E-state index contributed by atoms with van der Waals surface area (Å²) in [6, 6.07) is 9.93. The molecule has 0 saturated carbocycles. The van der Waals surface area contributed by atoms with Crippen LogP contribution in [0.4, 0.5) is 5.69 Å². The Bertz CT molecular complexity index is 1150. The second-order valence-corrected chi connectivity index (χ2v) is 10.4. The lowest BCUT2D eigenvalue weighted by Gasteiger charge is -2.33. The molecule has 0 bridgehead atoms. The number of amides is 1. The Balaban J connectivity index is 1.51. The third-order valence-corrected chi connectivity index (χ3v) is 6.79. The van der Waals surface area contributed by atoms with Crippen molar-refractivity contribution in [2.45, 2.75) is 65.7 Å². The fourth-order valence-corrected chi connectivity index (χ4v) is 4.69. The van der Waals surface area contributed by atoms with Crippen LogP contribution in [0.3, 0.4) is 0 Å². The molecule has 1 amide bonds. The van der Waals surface area contributed by atoms with Gasteiger partial charge in [0.05, 0.1) is 17.0 Å². The number of hydrogen-bond donors (Lipinski definition) is 0. The fourth-order valence-electron chi connectivity index (χ4n) is 4.69. The second-order valence-electron chi connectivity index (χ2n) is 10.4. The zero-order valence-corrected chi connectivity index (χ0v) is 21.8. The smallest absolute Gasteiger partial charge is 0.253 e. The Morgan fingerprint density at radius 2 is 1.77 bits per heavy atom. The first-order valence-electron chi connectivity index (χ1n) is 12.7. The molecule has 7 nitrogen and oxygen atoms in total. The highest BCUT2D eigenvalue weighted by molar-refractivity contribution is 5.94. The molecular formula is C28H37N5O2. The molecule has 7 heteroatoms. The summed E-state index contributed by atoms with van der Waals surface area (Å²) in [6.45, 7) is 15.9. The summed E-state index contributed by atoms with van der Waals surface area (Å²) >= 11 is 0. The van der Waals surface area contributed by atoms with E-state index in [0.29, 0.717) is 18.8 Å². The van der Waals surface area contributed by atoms with Crippen molar-refractivity contribution >= 4 is 11.6 Å². The van der Waals surface area contributed by atoms with Gasteiger partial charge in [-0.05, 0) is 57.9 Å². The zero-order chi connectivity index (χ0) is 25.2. The van der Waals surface area contributed by atoms with Gasteiger partial charge < -0.3 is 14.3 Å². The molecule has 2 aromatic heterocycles. The number of aromatic nitrogens is 3. The quantitative estimate of drug-likeness (QED) is 0.462. The number of rotatable bonds is 6. The highest BCUT2D eigenvalue weighted by Crippen LogP contribution is 2.35. The van der Waals surface area contributed by atoms with Crippen LogP contribution in [0.25, 0.3) is 11.3 Å². The summed E-state index contributed by atoms with van der Waals surface area (Å²) < 4.78 is 5.57. The van der Waals surface area contributed by atoms with Crippen molar-refractivity contribution in [3.8, 4) is 11.3 Å². The van der Waals surface area contributed by atoms with E-state index < -0.39 is 0 Å². The van der Waals surface area contributed by atoms with E-state index in [-0.39, 0.29) is 17.2 Å². The molecule has 0 aliphatic carbocycles. The van der Waals surface area contributed by atoms with Gasteiger partial charge in [0.15, 0.2) is 5.76 Å². The van der Waals surface area contributed by atoms with E-state index in [1.165, 1.54) is 0 Å². The van der Waals surface area contributed by atoms with Crippen molar-refractivity contribution in [2.75, 3.05) is 31.1 Å². The van der Waals surface area contributed by atoms with Gasteiger partial charge in [-0.15, -0.1) is 0 Å². The number of likely N-dealkylation sites (tertiary alicyclic amines) is 1. The predicted molar refractivity (Wildman–Crippen MR) is 139 cm³/mol. The van der Waals surface area contributed by atoms with E-state index >= 15 is 0 Å². The molecule has 1 fully saturated rings. The lowest BCUT2D eigenvalue weighted by Crippen LogP contribution is -2.38. The number of piperidine rings is 1. The van der Waals surface area contributed by atoms with Gasteiger partial charge in [-0.2, -0.15) is 0 Å². The molecular weight excluding hydrogens is 438 g/mol. The molecule has 186 valence electrons. The number of aryl methyl sites for hydroxylation is 1. The number of nitrogens with zero attached hydrogens (tertiary/aromatic N) is 5. The largest absolute Gasteiger partial charge is 0.372 e. The molecule has 0 atom stereocenters. The molecule has 0 radical (unpaired) electrons. The summed E-state index contributed by atoms with van der Waals surface area (Å²) in [5.74, 6) is 1.84. The normalized spacial score (nSPS) is 14.9.